The van der Waals surface area contributed by atoms with Gasteiger partial charge in [-0.1, -0.05) is 30.3 Å². The first-order valence-electron chi connectivity index (χ1n) is 6.58. The van der Waals surface area contributed by atoms with E-state index in [0.29, 0.717) is 19.5 Å². The molecule has 0 aliphatic carbocycles. The Bertz CT molecular complexity index is 423. The Hall–Kier alpha value is -1.86. The molecule has 1 rings (SSSR count). The Morgan fingerprint density at radius 2 is 2.00 bits per heavy atom. The fraction of sp³-hybridized carbons (Fsp3) is 0.467. The van der Waals surface area contributed by atoms with E-state index in [4.69, 9.17) is 5.26 Å². The summed E-state index contributed by atoms with van der Waals surface area (Å²) in [5.41, 5.74) is 1.00. The number of nitrogens with zero attached hydrogens (tertiary/aromatic N) is 1. The third-order valence-electron chi connectivity index (χ3n) is 2.68. The van der Waals surface area contributed by atoms with Gasteiger partial charge in [0, 0.05) is 25.6 Å². The third kappa shape index (κ3) is 6.03. The molecule has 19 heavy (non-hydrogen) atoms. The van der Waals surface area contributed by atoms with Gasteiger partial charge in [-0.25, -0.2) is 0 Å². The zero-order valence-corrected chi connectivity index (χ0v) is 11.5. The molecule has 1 atom stereocenters. The summed E-state index contributed by atoms with van der Waals surface area (Å²) in [7, 11) is 0. The summed E-state index contributed by atoms with van der Waals surface area (Å²) in [6.07, 6.45) is 0.436. The van der Waals surface area contributed by atoms with Crippen molar-refractivity contribution in [2.24, 2.45) is 0 Å². The number of benzene rings is 1. The molecule has 0 aromatic heterocycles. The van der Waals surface area contributed by atoms with Crippen LogP contribution in [0.5, 0.6) is 0 Å². The highest BCUT2D eigenvalue weighted by atomic mass is 16.1. The summed E-state index contributed by atoms with van der Waals surface area (Å²) < 4.78 is 0. The molecule has 0 aliphatic rings. The largest absolute Gasteiger partial charge is 0.354 e. The minimum atomic E-state index is -0.172. The fourth-order valence-corrected chi connectivity index (χ4v) is 1.77. The van der Waals surface area contributed by atoms with Crippen LogP contribution in [-0.4, -0.2) is 25.0 Å². The van der Waals surface area contributed by atoms with Gasteiger partial charge in [-0.05, 0) is 19.4 Å². The summed E-state index contributed by atoms with van der Waals surface area (Å²) in [6, 6.07) is 12.1. The molecule has 102 valence electrons. The molecule has 2 N–H and O–H groups in total. The average Bonchev–Trinajstić information content (AvgIpc) is 2.39. The normalized spacial score (nSPS) is 11.9. The number of carbonyl (C=O) groups excluding carboxylic acids is 1. The Morgan fingerprint density at radius 1 is 1.32 bits per heavy atom. The van der Waals surface area contributed by atoms with Crippen LogP contribution in [0.2, 0.25) is 0 Å². The van der Waals surface area contributed by atoms with Crippen molar-refractivity contribution < 1.29 is 4.79 Å². The first-order chi connectivity index (χ1) is 9.13. The minimum absolute atomic E-state index is 0.0377. The monoisotopic (exact) mass is 259 g/mol. The van der Waals surface area contributed by atoms with Gasteiger partial charge in [0.05, 0.1) is 12.0 Å². The smallest absolute Gasteiger partial charge is 0.221 e. The zero-order valence-electron chi connectivity index (χ0n) is 11.5. The zero-order chi connectivity index (χ0) is 14.1. The molecule has 0 fully saturated rings. The van der Waals surface area contributed by atoms with Crippen molar-refractivity contribution in [3.63, 3.8) is 0 Å². The third-order valence-corrected chi connectivity index (χ3v) is 2.68. The van der Waals surface area contributed by atoms with Crippen LogP contribution in [0.15, 0.2) is 30.3 Å². The predicted molar refractivity (Wildman–Crippen MR) is 75.6 cm³/mol. The average molecular weight is 259 g/mol. The van der Waals surface area contributed by atoms with Crippen molar-refractivity contribution in [2.75, 3.05) is 13.1 Å². The van der Waals surface area contributed by atoms with Gasteiger partial charge in [-0.15, -0.1) is 0 Å². The molecule has 1 unspecified atom stereocenters. The summed E-state index contributed by atoms with van der Waals surface area (Å²) in [4.78, 5) is 11.4. The predicted octanol–water partition coefficient (Wildman–Crippen LogP) is 1.80. The van der Waals surface area contributed by atoms with E-state index in [1.54, 1.807) is 0 Å². The van der Waals surface area contributed by atoms with Gasteiger partial charge in [0.15, 0.2) is 0 Å². The second-order valence-electron chi connectivity index (χ2n) is 4.77. The molecule has 0 aliphatic heterocycles. The molecule has 1 aromatic carbocycles. The molecule has 4 nitrogen and oxygen atoms in total. The molecule has 0 saturated heterocycles. The Morgan fingerprint density at radius 3 is 2.58 bits per heavy atom. The lowest BCUT2D eigenvalue weighted by atomic mass is 10.0. The minimum Gasteiger partial charge on any atom is -0.354 e. The van der Waals surface area contributed by atoms with Crippen molar-refractivity contribution in [3.05, 3.63) is 35.9 Å². The van der Waals surface area contributed by atoms with Crippen LogP contribution in [0, 0.1) is 11.3 Å². The number of nitrogens with one attached hydrogen (secondary N) is 2. The van der Waals surface area contributed by atoms with Gasteiger partial charge in [0.2, 0.25) is 5.91 Å². The molecule has 0 spiro atoms. The van der Waals surface area contributed by atoms with Crippen molar-refractivity contribution in [3.8, 4) is 6.07 Å². The van der Waals surface area contributed by atoms with Crippen LogP contribution in [0.1, 0.15) is 31.7 Å². The van der Waals surface area contributed by atoms with Gasteiger partial charge in [0.1, 0.15) is 0 Å². The van der Waals surface area contributed by atoms with E-state index >= 15 is 0 Å². The molecule has 0 radical (unpaired) electrons. The first-order valence-corrected chi connectivity index (χ1v) is 6.58. The van der Waals surface area contributed by atoms with Crippen molar-refractivity contribution in [1.82, 2.24) is 10.6 Å². The van der Waals surface area contributed by atoms with E-state index in [2.05, 4.69) is 16.7 Å². The van der Waals surface area contributed by atoms with E-state index in [1.165, 1.54) is 0 Å². The number of rotatable bonds is 7. The van der Waals surface area contributed by atoms with E-state index in [1.807, 2.05) is 44.2 Å². The maximum absolute atomic E-state index is 11.4. The van der Waals surface area contributed by atoms with Crippen LogP contribution >= 0.6 is 0 Å². The van der Waals surface area contributed by atoms with Crippen LogP contribution in [0.4, 0.5) is 0 Å². The maximum Gasteiger partial charge on any atom is 0.221 e. The number of carbonyl (C=O) groups is 1. The summed E-state index contributed by atoms with van der Waals surface area (Å²) in [5, 5.41) is 15.1. The number of amides is 1. The van der Waals surface area contributed by atoms with Crippen LogP contribution in [0.25, 0.3) is 0 Å². The topological polar surface area (TPSA) is 64.9 Å². The van der Waals surface area contributed by atoms with E-state index in [9.17, 15) is 4.79 Å². The lowest BCUT2D eigenvalue weighted by molar-refractivity contribution is -0.121. The van der Waals surface area contributed by atoms with Crippen molar-refractivity contribution >= 4 is 5.91 Å². The van der Waals surface area contributed by atoms with Gasteiger partial charge in [0.25, 0.3) is 0 Å². The van der Waals surface area contributed by atoms with E-state index in [-0.39, 0.29) is 17.9 Å². The Labute approximate surface area is 114 Å². The van der Waals surface area contributed by atoms with Gasteiger partial charge in [-0.2, -0.15) is 5.26 Å². The molecule has 0 bridgehead atoms. The molecular formula is C15H21N3O. The maximum atomic E-state index is 11.4. The van der Waals surface area contributed by atoms with Crippen LogP contribution in [0.3, 0.4) is 0 Å². The Balaban J connectivity index is 2.28. The summed E-state index contributed by atoms with van der Waals surface area (Å²) in [5.74, 6) is -0.134. The second kappa shape index (κ2) is 8.28. The number of hydrogen-bond donors (Lipinski definition) is 2. The standard InChI is InChI=1S/C15H21N3O/c1-12(2)18-15(19)8-9-17-11-14(10-16)13-6-4-3-5-7-13/h3-7,12,14,17H,8-9,11H2,1-2H3,(H,18,19). The van der Waals surface area contributed by atoms with Crippen molar-refractivity contribution in [2.45, 2.75) is 32.2 Å². The van der Waals surface area contributed by atoms with Gasteiger partial charge in [-0.3, -0.25) is 4.79 Å². The van der Waals surface area contributed by atoms with Gasteiger partial charge < -0.3 is 10.6 Å². The first kappa shape index (κ1) is 15.2. The molecule has 4 heteroatoms. The van der Waals surface area contributed by atoms with Crippen molar-refractivity contribution in [1.29, 1.82) is 5.26 Å². The SMILES string of the molecule is CC(C)NC(=O)CCNCC(C#N)c1ccccc1. The molecule has 0 heterocycles. The summed E-state index contributed by atoms with van der Waals surface area (Å²) >= 11 is 0. The van der Waals surface area contributed by atoms with Gasteiger partial charge >= 0.3 is 0 Å². The summed E-state index contributed by atoms with van der Waals surface area (Å²) in [6.45, 7) is 5.03. The van der Waals surface area contributed by atoms with Crippen LogP contribution < -0.4 is 10.6 Å². The highest BCUT2D eigenvalue weighted by molar-refractivity contribution is 5.76. The van der Waals surface area contributed by atoms with Crippen LogP contribution in [-0.2, 0) is 4.79 Å². The lowest BCUT2D eigenvalue weighted by Gasteiger charge is -2.11. The lowest BCUT2D eigenvalue weighted by Crippen LogP contribution is -2.33. The number of nitriles is 1. The Kier molecular flexibility index (Phi) is 6.62. The molecule has 0 saturated carbocycles. The van der Waals surface area contributed by atoms with E-state index in [0.717, 1.165) is 5.56 Å². The fourth-order valence-electron chi connectivity index (χ4n) is 1.77. The molecule has 1 amide bonds. The molecule has 1 aromatic rings. The second-order valence-corrected chi connectivity index (χ2v) is 4.77. The number of hydrogen-bond acceptors (Lipinski definition) is 3. The quantitative estimate of drug-likeness (QED) is 0.734. The highest BCUT2D eigenvalue weighted by Gasteiger charge is 2.09. The highest BCUT2D eigenvalue weighted by Crippen LogP contribution is 2.12. The van der Waals surface area contributed by atoms with E-state index < -0.39 is 0 Å². The molecular weight excluding hydrogens is 238 g/mol.